The van der Waals surface area contributed by atoms with Crippen molar-refractivity contribution in [3.63, 3.8) is 0 Å². The highest BCUT2D eigenvalue weighted by Crippen LogP contribution is 2.39. The first-order valence-corrected chi connectivity index (χ1v) is 9.38. The van der Waals surface area contributed by atoms with Crippen molar-refractivity contribution in [1.82, 2.24) is 29.8 Å². The molecule has 0 spiro atoms. The average Bonchev–Trinajstić information content (AvgIpc) is 3.13. The third-order valence-electron chi connectivity index (χ3n) is 4.46. The lowest BCUT2D eigenvalue weighted by atomic mass is 9.94. The molecule has 4 heterocycles. The quantitative estimate of drug-likeness (QED) is 0.745. The number of likely N-dealkylation sites (N-methyl/N-ethyl adjacent to an activating group) is 1. The predicted octanol–water partition coefficient (Wildman–Crippen LogP) is 1.48. The second kappa shape index (κ2) is 6.26. The van der Waals surface area contributed by atoms with E-state index in [9.17, 15) is 4.79 Å². The van der Waals surface area contributed by atoms with Crippen LogP contribution >= 0.6 is 11.3 Å². The van der Waals surface area contributed by atoms with Crippen molar-refractivity contribution in [1.29, 1.82) is 0 Å². The summed E-state index contributed by atoms with van der Waals surface area (Å²) in [6.07, 6.45) is 2.41. The summed E-state index contributed by atoms with van der Waals surface area (Å²) in [6.45, 7) is 6.06. The van der Waals surface area contributed by atoms with E-state index in [-0.39, 0.29) is 17.3 Å². The molecule has 0 atom stereocenters. The molecule has 1 aliphatic rings. The fourth-order valence-corrected chi connectivity index (χ4v) is 4.18. The van der Waals surface area contributed by atoms with Crippen molar-refractivity contribution in [2.45, 2.75) is 32.5 Å². The van der Waals surface area contributed by atoms with Gasteiger partial charge in [-0.25, -0.2) is 14.5 Å². The van der Waals surface area contributed by atoms with Gasteiger partial charge in [0.1, 0.15) is 11.2 Å². The van der Waals surface area contributed by atoms with Crippen LogP contribution in [-0.4, -0.2) is 63.2 Å². The number of hydrogen-bond acceptors (Lipinski definition) is 7. The summed E-state index contributed by atoms with van der Waals surface area (Å²) < 4.78 is 7.51. The van der Waals surface area contributed by atoms with Crippen molar-refractivity contribution >= 4 is 33.1 Å². The molecule has 4 rings (SSSR count). The van der Waals surface area contributed by atoms with Gasteiger partial charge in [0.05, 0.1) is 17.6 Å². The Labute approximate surface area is 155 Å². The molecule has 1 amide bonds. The summed E-state index contributed by atoms with van der Waals surface area (Å²) >= 11 is 1.63. The molecule has 0 radical (unpaired) electrons. The standard InChI is InChI=1S/C17H22N6O2S/c1-17(2)7-10-11(8-25-17)26-16-12(10)14-20-13(21-23(14)9-19-16)15(24)18-5-6-22(3)4/h9H,5-8H2,1-4H3,(H,18,24). The third-order valence-corrected chi connectivity index (χ3v) is 5.57. The van der Waals surface area contributed by atoms with Gasteiger partial charge in [0, 0.05) is 24.4 Å². The van der Waals surface area contributed by atoms with Crippen LogP contribution in [0.2, 0.25) is 0 Å². The smallest absolute Gasteiger partial charge is 0.291 e. The summed E-state index contributed by atoms with van der Waals surface area (Å²) in [5, 5.41) is 8.16. The second-order valence-corrected chi connectivity index (χ2v) is 8.50. The first-order valence-electron chi connectivity index (χ1n) is 8.56. The Hall–Kier alpha value is -2.10. The van der Waals surface area contributed by atoms with E-state index in [1.54, 1.807) is 22.2 Å². The molecule has 8 nitrogen and oxygen atoms in total. The van der Waals surface area contributed by atoms with Gasteiger partial charge >= 0.3 is 0 Å². The number of fused-ring (bicyclic) bond motifs is 5. The molecular weight excluding hydrogens is 352 g/mol. The molecule has 1 aliphatic heterocycles. The van der Waals surface area contributed by atoms with Crippen LogP contribution in [0.4, 0.5) is 0 Å². The Balaban J connectivity index is 1.73. The number of amides is 1. The maximum atomic E-state index is 12.4. The zero-order chi connectivity index (χ0) is 18.5. The van der Waals surface area contributed by atoms with Crippen LogP contribution in [0.1, 0.15) is 34.9 Å². The van der Waals surface area contributed by atoms with E-state index >= 15 is 0 Å². The Morgan fingerprint density at radius 2 is 2.27 bits per heavy atom. The van der Waals surface area contributed by atoms with Gasteiger partial charge in [0.25, 0.3) is 5.91 Å². The van der Waals surface area contributed by atoms with E-state index in [0.717, 1.165) is 23.2 Å². The Kier molecular flexibility index (Phi) is 4.17. The van der Waals surface area contributed by atoms with Gasteiger partial charge in [0.2, 0.25) is 5.82 Å². The van der Waals surface area contributed by atoms with E-state index < -0.39 is 0 Å². The van der Waals surface area contributed by atoms with Crippen molar-refractivity contribution in [3.05, 3.63) is 22.6 Å². The predicted molar refractivity (Wildman–Crippen MR) is 99.6 cm³/mol. The first kappa shape index (κ1) is 17.3. The lowest BCUT2D eigenvalue weighted by Gasteiger charge is -2.30. The molecule has 0 bridgehead atoms. The van der Waals surface area contributed by atoms with E-state index in [2.05, 4.69) is 34.2 Å². The van der Waals surface area contributed by atoms with Crippen molar-refractivity contribution in [2.75, 3.05) is 27.2 Å². The van der Waals surface area contributed by atoms with Crippen LogP contribution < -0.4 is 5.32 Å². The summed E-state index contributed by atoms with van der Waals surface area (Å²) in [5.74, 6) is -0.0965. The Morgan fingerprint density at radius 1 is 1.46 bits per heavy atom. The number of rotatable bonds is 4. The van der Waals surface area contributed by atoms with Gasteiger partial charge in [0.15, 0.2) is 5.65 Å². The van der Waals surface area contributed by atoms with Gasteiger partial charge in [-0.05, 0) is 33.5 Å². The minimum atomic E-state index is -0.267. The highest BCUT2D eigenvalue weighted by atomic mass is 32.1. The van der Waals surface area contributed by atoms with E-state index in [4.69, 9.17) is 4.74 Å². The Morgan fingerprint density at radius 3 is 3.04 bits per heavy atom. The second-order valence-electron chi connectivity index (χ2n) is 7.42. The number of carbonyl (C=O) groups is 1. The molecule has 0 unspecified atom stereocenters. The third kappa shape index (κ3) is 3.06. The fourth-order valence-electron chi connectivity index (χ4n) is 3.11. The summed E-state index contributed by atoms with van der Waals surface area (Å²) in [6, 6.07) is 0. The Bertz CT molecular complexity index is 990. The van der Waals surface area contributed by atoms with Crippen LogP contribution in [0.5, 0.6) is 0 Å². The van der Waals surface area contributed by atoms with Gasteiger partial charge in [-0.15, -0.1) is 16.4 Å². The normalized spacial score (nSPS) is 16.3. The minimum Gasteiger partial charge on any atom is -0.370 e. The SMILES string of the molecule is CN(C)CCNC(=O)c1nc2c3c4c(sc3ncn2n1)COC(C)(C)C4. The summed E-state index contributed by atoms with van der Waals surface area (Å²) in [4.78, 5) is 25.5. The van der Waals surface area contributed by atoms with Gasteiger partial charge < -0.3 is 15.0 Å². The van der Waals surface area contributed by atoms with Crippen LogP contribution in [0.25, 0.3) is 15.9 Å². The topological polar surface area (TPSA) is 84.7 Å². The van der Waals surface area contributed by atoms with Crippen molar-refractivity contribution in [3.8, 4) is 0 Å². The zero-order valence-electron chi connectivity index (χ0n) is 15.4. The van der Waals surface area contributed by atoms with Crippen LogP contribution in [0, 0.1) is 0 Å². The summed E-state index contributed by atoms with van der Waals surface area (Å²) in [7, 11) is 3.92. The highest BCUT2D eigenvalue weighted by Gasteiger charge is 2.31. The van der Waals surface area contributed by atoms with E-state index in [1.807, 2.05) is 19.0 Å². The number of carbonyl (C=O) groups excluding carboxylic acids is 1. The van der Waals surface area contributed by atoms with Crippen molar-refractivity contribution in [2.24, 2.45) is 0 Å². The number of hydrogen-bond donors (Lipinski definition) is 1. The maximum Gasteiger partial charge on any atom is 0.291 e. The van der Waals surface area contributed by atoms with Crippen LogP contribution in [-0.2, 0) is 17.8 Å². The van der Waals surface area contributed by atoms with E-state index in [0.29, 0.717) is 18.8 Å². The molecule has 0 fully saturated rings. The van der Waals surface area contributed by atoms with Crippen molar-refractivity contribution < 1.29 is 9.53 Å². The molecule has 0 aromatic carbocycles. The number of thiophene rings is 1. The van der Waals surface area contributed by atoms with Crippen LogP contribution in [0.15, 0.2) is 6.33 Å². The first-order chi connectivity index (χ1) is 12.3. The van der Waals surface area contributed by atoms with Gasteiger partial charge in [-0.3, -0.25) is 4.79 Å². The average molecular weight is 374 g/mol. The van der Waals surface area contributed by atoms with E-state index in [1.165, 1.54) is 10.4 Å². The highest BCUT2D eigenvalue weighted by molar-refractivity contribution is 7.19. The lowest BCUT2D eigenvalue weighted by molar-refractivity contribution is -0.0379. The lowest BCUT2D eigenvalue weighted by Crippen LogP contribution is -2.32. The van der Waals surface area contributed by atoms with Gasteiger partial charge in [-0.2, -0.15) is 0 Å². The number of aromatic nitrogens is 4. The summed E-state index contributed by atoms with van der Waals surface area (Å²) in [5.41, 5.74) is 1.68. The number of ether oxygens (including phenoxy) is 1. The molecule has 3 aromatic rings. The molecule has 0 saturated heterocycles. The monoisotopic (exact) mass is 374 g/mol. The molecule has 0 aliphatic carbocycles. The molecule has 9 heteroatoms. The largest absolute Gasteiger partial charge is 0.370 e. The molecule has 0 saturated carbocycles. The zero-order valence-corrected chi connectivity index (χ0v) is 16.2. The van der Waals surface area contributed by atoms with Crippen LogP contribution in [0.3, 0.4) is 0 Å². The molecular formula is C17H22N6O2S. The minimum absolute atomic E-state index is 0.171. The van der Waals surface area contributed by atoms with Gasteiger partial charge in [-0.1, -0.05) is 0 Å². The number of nitrogens with one attached hydrogen (secondary N) is 1. The maximum absolute atomic E-state index is 12.4. The fraction of sp³-hybridized carbons (Fsp3) is 0.529. The molecule has 3 aromatic heterocycles. The number of nitrogens with zero attached hydrogens (tertiary/aromatic N) is 5. The molecule has 1 N–H and O–H groups in total. The molecule has 26 heavy (non-hydrogen) atoms. The molecule has 138 valence electrons.